The summed E-state index contributed by atoms with van der Waals surface area (Å²) in [6, 6.07) is 14.5. The number of amides is 1. The quantitative estimate of drug-likeness (QED) is 0.623. The van der Waals surface area contributed by atoms with E-state index in [9.17, 15) is 4.79 Å². The van der Waals surface area contributed by atoms with Gasteiger partial charge < -0.3 is 10.1 Å². The van der Waals surface area contributed by atoms with Gasteiger partial charge in [-0.1, -0.05) is 42.0 Å². The van der Waals surface area contributed by atoms with Crippen LogP contribution in [0.2, 0.25) is 0 Å². The molecule has 27 heavy (non-hydrogen) atoms. The third kappa shape index (κ3) is 5.66. The van der Waals surface area contributed by atoms with Crippen molar-refractivity contribution in [3.05, 3.63) is 75.8 Å². The zero-order chi connectivity index (χ0) is 19.2. The second-order valence-corrected chi connectivity index (χ2v) is 7.83. The van der Waals surface area contributed by atoms with Crippen molar-refractivity contribution < 1.29 is 9.53 Å². The lowest BCUT2D eigenvalue weighted by Gasteiger charge is -2.09. The van der Waals surface area contributed by atoms with Crippen LogP contribution in [-0.4, -0.2) is 17.5 Å². The van der Waals surface area contributed by atoms with Crippen molar-refractivity contribution in [2.24, 2.45) is 0 Å². The van der Waals surface area contributed by atoms with E-state index < -0.39 is 0 Å². The lowest BCUT2D eigenvalue weighted by atomic mass is 10.1. The van der Waals surface area contributed by atoms with E-state index in [1.807, 2.05) is 38.2 Å². The summed E-state index contributed by atoms with van der Waals surface area (Å²) in [5.41, 5.74) is 4.71. The fraction of sp³-hybridized carbons (Fsp3) is 0.273. The number of rotatable bonds is 7. The molecule has 3 aromatic rings. The van der Waals surface area contributed by atoms with Crippen LogP contribution in [0.15, 0.2) is 48.7 Å². The summed E-state index contributed by atoms with van der Waals surface area (Å²) >= 11 is 1.51. The molecule has 1 heterocycles. The molecule has 0 saturated carbocycles. The van der Waals surface area contributed by atoms with Gasteiger partial charge in [0.15, 0.2) is 5.13 Å². The highest BCUT2D eigenvalue weighted by molar-refractivity contribution is 7.15. The highest BCUT2D eigenvalue weighted by atomic mass is 32.1. The maximum atomic E-state index is 12.1. The molecular weight excluding hydrogens is 356 g/mol. The number of carbonyl (C=O) groups excluding carboxylic acids is 1. The Kier molecular flexibility index (Phi) is 6.24. The first-order chi connectivity index (χ1) is 13.0. The molecule has 0 unspecified atom stereocenters. The number of ether oxygens (including phenoxy) is 1. The van der Waals surface area contributed by atoms with Crippen LogP contribution in [0.1, 0.15) is 33.6 Å². The minimum atomic E-state index is -0.0863. The number of benzene rings is 2. The SMILES string of the molecule is Cc1cccc(Cc2cnc(NC(=O)CCOc3cc(C)ccc3C)s2)c1. The fourth-order valence-electron chi connectivity index (χ4n) is 2.77. The third-order valence-electron chi connectivity index (χ3n) is 4.19. The molecule has 0 aliphatic heterocycles. The summed E-state index contributed by atoms with van der Waals surface area (Å²) in [7, 11) is 0. The van der Waals surface area contributed by atoms with Gasteiger partial charge in [-0.2, -0.15) is 0 Å². The Balaban J connectivity index is 1.48. The van der Waals surface area contributed by atoms with E-state index in [2.05, 4.69) is 41.5 Å². The first-order valence-electron chi connectivity index (χ1n) is 9.00. The van der Waals surface area contributed by atoms with Gasteiger partial charge in [-0.05, 0) is 43.5 Å². The molecule has 0 aliphatic carbocycles. The Morgan fingerprint density at radius 1 is 1.11 bits per heavy atom. The molecule has 140 valence electrons. The topological polar surface area (TPSA) is 51.2 Å². The van der Waals surface area contributed by atoms with E-state index in [1.165, 1.54) is 22.5 Å². The minimum absolute atomic E-state index is 0.0863. The molecule has 1 amide bonds. The van der Waals surface area contributed by atoms with Crippen LogP contribution in [0.5, 0.6) is 5.75 Å². The lowest BCUT2D eigenvalue weighted by molar-refractivity contribution is -0.116. The molecule has 0 aliphatic rings. The van der Waals surface area contributed by atoms with Crippen LogP contribution in [0.4, 0.5) is 5.13 Å². The van der Waals surface area contributed by atoms with Gasteiger partial charge in [-0.15, -0.1) is 11.3 Å². The van der Waals surface area contributed by atoms with E-state index in [0.717, 1.165) is 28.2 Å². The summed E-state index contributed by atoms with van der Waals surface area (Å²) in [6.07, 6.45) is 2.94. The highest BCUT2D eigenvalue weighted by Crippen LogP contribution is 2.22. The molecule has 0 spiro atoms. The molecule has 1 N–H and O–H groups in total. The van der Waals surface area contributed by atoms with Crippen molar-refractivity contribution >= 4 is 22.4 Å². The summed E-state index contributed by atoms with van der Waals surface area (Å²) in [6.45, 7) is 6.45. The maximum absolute atomic E-state index is 12.1. The number of aromatic nitrogens is 1. The Labute approximate surface area is 164 Å². The van der Waals surface area contributed by atoms with Gasteiger partial charge in [0, 0.05) is 17.5 Å². The number of aryl methyl sites for hydroxylation is 3. The van der Waals surface area contributed by atoms with Gasteiger partial charge in [0.1, 0.15) is 5.75 Å². The molecular formula is C22H24N2O2S. The van der Waals surface area contributed by atoms with Crippen LogP contribution < -0.4 is 10.1 Å². The van der Waals surface area contributed by atoms with E-state index >= 15 is 0 Å². The Morgan fingerprint density at radius 2 is 1.93 bits per heavy atom. The standard InChI is InChI=1S/C22H24N2O2S/c1-15-5-4-6-18(11-15)13-19-14-23-22(27-19)24-21(25)9-10-26-20-12-16(2)7-8-17(20)3/h4-8,11-12,14H,9-10,13H2,1-3H3,(H,23,24,25). The van der Waals surface area contributed by atoms with Gasteiger partial charge in [0.2, 0.25) is 5.91 Å². The molecule has 3 rings (SSSR count). The van der Waals surface area contributed by atoms with Crippen LogP contribution in [0.3, 0.4) is 0 Å². The second kappa shape index (κ2) is 8.82. The van der Waals surface area contributed by atoms with E-state index in [0.29, 0.717) is 18.2 Å². The van der Waals surface area contributed by atoms with Crippen molar-refractivity contribution in [2.45, 2.75) is 33.6 Å². The zero-order valence-electron chi connectivity index (χ0n) is 15.9. The number of hydrogen-bond donors (Lipinski definition) is 1. The summed E-state index contributed by atoms with van der Waals surface area (Å²) in [5.74, 6) is 0.745. The molecule has 0 fully saturated rings. The van der Waals surface area contributed by atoms with Gasteiger partial charge in [-0.25, -0.2) is 4.98 Å². The summed E-state index contributed by atoms with van der Waals surface area (Å²) in [4.78, 5) is 17.6. The van der Waals surface area contributed by atoms with E-state index in [4.69, 9.17) is 4.74 Å². The van der Waals surface area contributed by atoms with Gasteiger partial charge >= 0.3 is 0 Å². The third-order valence-corrected chi connectivity index (χ3v) is 5.10. The second-order valence-electron chi connectivity index (χ2n) is 6.71. The minimum Gasteiger partial charge on any atom is -0.493 e. The van der Waals surface area contributed by atoms with Gasteiger partial charge in [0.05, 0.1) is 13.0 Å². The maximum Gasteiger partial charge on any atom is 0.229 e. The number of carbonyl (C=O) groups is 1. The molecule has 0 atom stereocenters. The van der Waals surface area contributed by atoms with Crippen LogP contribution in [0.25, 0.3) is 0 Å². The monoisotopic (exact) mass is 380 g/mol. The van der Waals surface area contributed by atoms with Crippen molar-refractivity contribution in [1.82, 2.24) is 4.98 Å². The number of anilines is 1. The van der Waals surface area contributed by atoms with Crippen molar-refractivity contribution in [3.63, 3.8) is 0 Å². The molecule has 1 aromatic heterocycles. The average Bonchev–Trinajstić information content (AvgIpc) is 3.04. The Bertz CT molecular complexity index is 934. The lowest BCUT2D eigenvalue weighted by Crippen LogP contribution is -2.15. The first kappa shape index (κ1) is 19.1. The molecule has 0 saturated heterocycles. The molecule has 0 radical (unpaired) electrons. The molecule has 0 bridgehead atoms. The molecule has 2 aromatic carbocycles. The van der Waals surface area contributed by atoms with Gasteiger partial charge in [-0.3, -0.25) is 4.79 Å². The van der Waals surface area contributed by atoms with Crippen LogP contribution in [0, 0.1) is 20.8 Å². The fourth-order valence-corrected chi connectivity index (χ4v) is 3.63. The number of thiazole rings is 1. The predicted molar refractivity (Wildman–Crippen MR) is 111 cm³/mol. The normalized spacial score (nSPS) is 10.6. The number of hydrogen-bond acceptors (Lipinski definition) is 4. The number of nitrogens with one attached hydrogen (secondary N) is 1. The average molecular weight is 381 g/mol. The molecule has 5 heteroatoms. The van der Waals surface area contributed by atoms with Crippen LogP contribution in [-0.2, 0) is 11.2 Å². The summed E-state index contributed by atoms with van der Waals surface area (Å²) < 4.78 is 5.74. The zero-order valence-corrected chi connectivity index (χ0v) is 16.7. The Morgan fingerprint density at radius 3 is 2.74 bits per heavy atom. The molecule has 4 nitrogen and oxygen atoms in total. The van der Waals surface area contributed by atoms with Crippen molar-refractivity contribution in [2.75, 3.05) is 11.9 Å². The van der Waals surface area contributed by atoms with E-state index in [-0.39, 0.29) is 5.91 Å². The summed E-state index contributed by atoms with van der Waals surface area (Å²) in [5, 5.41) is 3.49. The highest BCUT2D eigenvalue weighted by Gasteiger charge is 2.08. The first-order valence-corrected chi connectivity index (χ1v) is 9.81. The van der Waals surface area contributed by atoms with Crippen molar-refractivity contribution in [1.29, 1.82) is 0 Å². The van der Waals surface area contributed by atoms with E-state index in [1.54, 1.807) is 0 Å². The predicted octanol–water partition coefficient (Wildman–Crippen LogP) is 5.07. The largest absolute Gasteiger partial charge is 0.493 e. The van der Waals surface area contributed by atoms with Crippen molar-refractivity contribution in [3.8, 4) is 5.75 Å². The smallest absolute Gasteiger partial charge is 0.229 e. The van der Waals surface area contributed by atoms with Gasteiger partial charge in [0.25, 0.3) is 0 Å². The Hall–Kier alpha value is -2.66. The number of nitrogens with zero attached hydrogens (tertiary/aromatic N) is 1. The van der Waals surface area contributed by atoms with Crippen LogP contribution >= 0.6 is 11.3 Å².